The van der Waals surface area contributed by atoms with Gasteiger partial charge in [0.05, 0.1) is 35.7 Å². The number of unbranched alkanes of at least 4 members (excludes halogenated alkanes) is 4. The second kappa shape index (κ2) is 18.3. The van der Waals surface area contributed by atoms with Gasteiger partial charge in [0.15, 0.2) is 0 Å². The van der Waals surface area contributed by atoms with E-state index in [1.807, 2.05) is 12.2 Å². The van der Waals surface area contributed by atoms with E-state index < -0.39 is 29.7 Å². The predicted molar refractivity (Wildman–Crippen MR) is 172 cm³/mol. The summed E-state index contributed by atoms with van der Waals surface area (Å²) in [5.41, 5.74) is 5.55. The zero-order valence-electron chi connectivity index (χ0n) is 26.8. The lowest BCUT2D eigenvalue weighted by Crippen LogP contribution is -2.41. The summed E-state index contributed by atoms with van der Waals surface area (Å²) in [6.07, 6.45) is 17.4. The van der Waals surface area contributed by atoms with Crippen LogP contribution in [-0.2, 0) is 4.79 Å². The molecule has 9 heteroatoms. The number of aliphatic carboxylic acids is 1. The molecule has 0 saturated heterocycles. The highest BCUT2D eigenvalue weighted by Gasteiger charge is 2.51. The number of hydrogen-bond donors (Lipinski definition) is 8. The smallest absolute Gasteiger partial charge is 0.309 e. The number of hydrogen-bond acceptors (Lipinski definition) is 8. The number of dihydropyridines is 1. The Morgan fingerprint density at radius 3 is 2.52 bits per heavy atom. The quantitative estimate of drug-likeness (QED) is 0.0734. The van der Waals surface area contributed by atoms with Crippen molar-refractivity contribution in [2.75, 3.05) is 13.2 Å². The number of carboxylic acids is 1. The van der Waals surface area contributed by atoms with Crippen molar-refractivity contribution in [2.45, 2.75) is 134 Å². The Bertz CT molecular complexity index is 969. The van der Waals surface area contributed by atoms with Crippen LogP contribution < -0.4 is 11.1 Å². The molecule has 252 valence electrons. The molecule has 0 aromatic carbocycles. The topological polar surface area (TPSA) is 176 Å². The molecule has 0 amide bonds. The average molecular weight is 621 g/mol. The molecule has 0 aromatic rings. The van der Waals surface area contributed by atoms with Gasteiger partial charge in [-0.25, -0.2) is 0 Å². The Morgan fingerprint density at radius 1 is 1.07 bits per heavy atom. The van der Waals surface area contributed by atoms with Crippen molar-refractivity contribution in [1.82, 2.24) is 5.32 Å². The molecule has 9 atom stereocenters. The van der Waals surface area contributed by atoms with Gasteiger partial charge in [-0.3, -0.25) is 4.79 Å². The van der Waals surface area contributed by atoms with Crippen molar-refractivity contribution >= 4 is 5.97 Å². The highest BCUT2D eigenvalue weighted by atomic mass is 16.4. The first-order valence-corrected chi connectivity index (χ1v) is 17.3. The third kappa shape index (κ3) is 10.9. The van der Waals surface area contributed by atoms with Crippen LogP contribution in [0.2, 0.25) is 0 Å². The van der Waals surface area contributed by atoms with Crippen molar-refractivity contribution in [2.24, 2.45) is 35.3 Å². The molecule has 1 saturated carbocycles. The van der Waals surface area contributed by atoms with Crippen LogP contribution in [0.1, 0.15) is 110 Å². The highest BCUT2D eigenvalue weighted by Crippen LogP contribution is 2.47. The Morgan fingerprint density at radius 2 is 1.84 bits per heavy atom. The van der Waals surface area contributed by atoms with Crippen molar-refractivity contribution in [3.05, 3.63) is 35.7 Å². The minimum Gasteiger partial charge on any atom is -0.481 e. The van der Waals surface area contributed by atoms with Crippen LogP contribution in [0.5, 0.6) is 0 Å². The Kier molecular flexibility index (Phi) is 15.2. The number of nitrogens with one attached hydrogen (secondary N) is 1. The van der Waals surface area contributed by atoms with Gasteiger partial charge in [0, 0.05) is 19.1 Å². The fourth-order valence-electron chi connectivity index (χ4n) is 7.78. The maximum absolute atomic E-state index is 12.1. The van der Waals surface area contributed by atoms with E-state index in [-0.39, 0.29) is 43.3 Å². The van der Waals surface area contributed by atoms with E-state index in [4.69, 9.17) is 5.73 Å². The molecule has 1 fully saturated rings. The summed E-state index contributed by atoms with van der Waals surface area (Å²) in [6, 6.07) is 0. The zero-order valence-corrected chi connectivity index (χ0v) is 26.8. The number of aliphatic hydroxyl groups excluding tert-OH is 4. The van der Waals surface area contributed by atoms with E-state index in [9.17, 15) is 35.4 Å². The first kappa shape index (κ1) is 36.6. The number of rotatable bonds is 20. The number of carbonyl (C=O) groups is 1. The normalized spacial score (nSPS) is 31.7. The fourth-order valence-corrected chi connectivity index (χ4v) is 7.78. The number of nitrogens with two attached hydrogens (primary N) is 1. The van der Waals surface area contributed by atoms with Crippen LogP contribution in [-0.4, -0.2) is 73.7 Å². The first-order chi connectivity index (χ1) is 21.1. The van der Waals surface area contributed by atoms with Gasteiger partial charge >= 0.3 is 5.97 Å². The van der Waals surface area contributed by atoms with Crippen molar-refractivity contribution < 1.29 is 35.4 Å². The molecule has 3 rings (SSSR count). The number of aliphatic hydroxyl groups is 5. The summed E-state index contributed by atoms with van der Waals surface area (Å²) >= 11 is 0. The lowest BCUT2D eigenvalue weighted by molar-refractivity contribution is -0.147. The summed E-state index contributed by atoms with van der Waals surface area (Å²) in [5.74, 6) is -1.01. The molecule has 0 aromatic heterocycles. The molecule has 9 unspecified atom stereocenters. The zero-order chi connectivity index (χ0) is 32.1. The molecule has 9 nitrogen and oxygen atoms in total. The van der Waals surface area contributed by atoms with Crippen LogP contribution in [0.3, 0.4) is 0 Å². The number of allylic oxidation sites excluding steroid dienone is 3. The Hall–Kier alpha value is -1.91. The molecule has 9 N–H and O–H groups in total. The van der Waals surface area contributed by atoms with E-state index in [1.165, 1.54) is 19.3 Å². The largest absolute Gasteiger partial charge is 0.481 e. The fraction of sp³-hybridized carbons (Fsp3) is 0.800. The van der Waals surface area contributed by atoms with Crippen LogP contribution in [0, 0.1) is 29.6 Å². The first-order valence-electron chi connectivity index (χ1n) is 17.3. The molecule has 0 radical (unpaired) electrons. The minimum atomic E-state index is -1.43. The van der Waals surface area contributed by atoms with Crippen molar-refractivity contribution in [3.63, 3.8) is 0 Å². The standard InChI is InChI=1S/C35H60N2O7/c1-2-3-5-9-24-13-14-26(31(40)21-24)10-6-4-7-11-29(34(42)43)30(39)15-17-35(44)23-27(28(33(35)41)12-8-19-38)20-25-16-18-37-32(36)22-25/h13-14,16,22,24,26-31,33,37-41,44H,2-12,15,17-21,23,36H2,1H3,(H,42,43). The van der Waals surface area contributed by atoms with Gasteiger partial charge in [-0.1, -0.05) is 63.7 Å². The molecular weight excluding hydrogens is 560 g/mol. The van der Waals surface area contributed by atoms with Gasteiger partial charge < -0.3 is 41.7 Å². The maximum Gasteiger partial charge on any atom is 0.309 e. The van der Waals surface area contributed by atoms with E-state index in [1.54, 1.807) is 0 Å². The SMILES string of the molecule is CCCCCC1C=CC(CCCCCC(C(=O)O)C(O)CCC2(O)CC(CC3=CCNC(N)=C3)C(CCCO)C2O)C(O)C1. The van der Waals surface area contributed by atoms with E-state index >= 15 is 0 Å². The molecule has 2 aliphatic carbocycles. The third-order valence-corrected chi connectivity index (χ3v) is 10.4. The summed E-state index contributed by atoms with van der Waals surface area (Å²) in [4.78, 5) is 12.1. The van der Waals surface area contributed by atoms with Gasteiger partial charge in [0.1, 0.15) is 0 Å². The molecular formula is C35H60N2O7. The maximum atomic E-state index is 12.1. The highest BCUT2D eigenvalue weighted by molar-refractivity contribution is 5.70. The number of carboxylic acid groups (broad SMARTS) is 1. The molecule has 1 heterocycles. The van der Waals surface area contributed by atoms with Gasteiger partial charge in [-0.15, -0.1) is 0 Å². The van der Waals surface area contributed by atoms with Crippen LogP contribution in [0.25, 0.3) is 0 Å². The van der Waals surface area contributed by atoms with Crippen LogP contribution in [0.4, 0.5) is 0 Å². The van der Waals surface area contributed by atoms with Gasteiger partial charge in [0.2, 0.25) is 0 Å². The second-order valence-corrected chi connectivity index (χ2v) is 13.8. The molecule has 0 bridgehead atoms. The summed E-state index contributed by atoms with van der Waals surface area (Å²) in [7, 11) is 0. The summed E-state index contributed by atoms with van der Waals surface area (Å²) in [6.45, 7) is 2.83. The third-order valence-electron chi connectivity index (χ3n) is 10.4. The lowest BCUT2D eigenvalue weighted by Gasteiger charge is -2.30. The lowest BCUT2D eigenvalue weighted by atomic mass is 9.81. The van der Waals surface area contributed by atoms with E-state index in [0.717, 1.165) is 37.7 Å². The molecule has 44 heavy (non-hydrogen) atoms. The second-order valence-electron chi connectivity index (χ2n) is 13.8. The summed E-state index contributed by atoms with van der Waals surface area (Å²) in [5, 5.41) is 66.6. The average Bonchev–Trinajstić information content (AvgIpc) is 3.21. The Labute approximate surface area is 264 Å². The monoisotopic (exact) mass is 620 g/mol. The predicted octanol–water partition coefficient (Wildman–Crippen LogP) is 4.13. The summed E-state index contributed by atoms with van der Waals surface area (Å²) < 4.78 is 0. The van der Waals surface area contributed by atoms with Gasteiger partial charge in [0.25, 0.3) is 0 Å². The molecule has 3 aliphatic rings. The molecule has 0 spiro atoms. The minimum absolute atomic E-state index is 0.00434. The van der Waals surface area contributed by atoms with E-state index in [2.05, 4.69) is 24.4 Å². The molecule has 1 aliphatic heterocycles. The van der Waals surface area contributed by atoms with Crippen molar-refractivity contribution in [3.8, 4) is 0 Å². The van der Waals surface area contributed by atoms with Gasteiger partial charge in [-0.2, -0.15) is 0 Å². The van der Waals surface area contributed by atoms with Crippen molar-refractivity contribution in [1.29, 1.82) is 0 Å². The van der Waals surface area contributed by atoms with E-state index in [0.29, 0.717) is 56.8 Å². The van der Waals surface area contributed by atoms with Crippen LogP contribution in [0.15, 0.2) is 35.7 Å². The van der Waals surface area contributed by atoms with Gasteiger partial charge in [-0.05, 0) is 93.6 Å². The Balaban J connectivity index is 1.46. The van der Waals surface area contributed by atoms with Crippen LogP contribution >= 0.6 is 0 Å².